The van der Waals surface area contributed by atoms with Crippen LogP contribution in [0.5, 0.6) is 0 Å². The Hall–Kier alpha value is -1.49. The van der Waals surface area contributed by atoms with Crippen LogP contribution in [0, 0.1) is 28.9 Å². The predicted molar refractivity (Wildman–Crippen MR) is 89.6 cm³/mol. The van der Waals surface area contributed by atoms with Gasteiger partial charge in [-0.3, -0.25) is 4.79 Å². The molecular weight excluding hydrogens is 324 g/mol. The van der Waals surface area contributed by atoms with Crippen molar-refractivity contribution in [2.24, 2.45) is 17.3 Å². The van der Waals surface area contributed by atoms with Gasteiger partial charge >= 0.3 is 0 Å². The van der Waals surface area contributed by atoms with E-state index in [0.717, 1.165) is 44.2 Å². The maximum absolute atomic E-state index is 13.4. The van der Waals surface area contributed by atoms with E-state index in [-0.39, 0.29) is 17.4 Å². The third-order valence-electron chi connectivity index (χ3n) is 6.51. The summed E-state index contributed by atoms with van der Waals surface area (Å²) in [6.07, 6.45) is 6.15. The smallest absolute Gasteiger partial charge is 0.221 e. The number of aliphatic hydroxyl groups is 1. The number of hydrogen-bond acceptors (Lipinski definition) is 2. The van der Waals surface area contributed by atoms with Gasteiger partial charge in [-0.1, -0.05) is 6.07 Å². The molecule has 4 fully saturated rings. The number of carbonyl (C=O) groups is 1. The van der Waals surface area contributed by atoms with Crippen molar-refractivity contribution in [2.75, 3.05) is 0 Å². The van der Waals surface area contributed by atoms with Crippen molar-refractivity contribution >= 4 is 5.91 Å². The quantitative estimate of drug-likeness (QED) is 0.867. The summed E-state index contributed by atoms with van der Waals surface area (Å²) in [4.78, 5) is 12.6. The van der Waals surface area contributed by atoms with E-state index in [1.165, 1.54) is 12.5 Å². The average molecular weight is 349 g/mol. The van der Waals surface area contributed by atoms with Crippen molar-refractivity contribution in [1.29, 1.82) is 0 Å². The SMILES string of the molecule is CC(NC(=O)CC12CC3CC(CC(O)(C3)C1)C2)c1ccc(F)c(F)c1. The lowest BCUT2D eigenvalue weighted by Gasteiger charge is -2.60. The van der Waals surface area contributed by atoms with Crippen molar-refractivity contribution < 1.29 is 18.7 Å². The number of hydrogen-bond donors (Lipinski definition) is 2. The van der Waals surface area contributed by atoms with E-state index in [0.29, 0.717) is 23.8 Å². The second-order valence-corrected chi connectivity index (χ2v) is 8.82. The van der Waals surface area contributed by atoms with Crippen LogP contribution in [0.25, 0.3) is 0 Å². The van der Waals surface area contributed by atoms with E-state index in [2.05, 4.69) is 5.32 Å². The summed E-state index contributed by atoms with van der Waals surface area (Å²) in [5.41, 5.74) is -0.108. The maximum Gasteiger partial charge on any atom is 0.221 e. The fourth-order valence-corrected chi connectivity index (χ4v) is 6.11. The minimum absolute atomic E-state index is 0.0669. The van der Waals surface area contributed by atoms with Crippen molar-refractivity contribution in [1.82, 2.24) is 5.32 Å². The molecule has 1 amide bonds. The van der Waals surface area contributed by atoms with Crippen LogP contribution in [0.3, 0.4) is 0 Å². The van der Waals surface area contributed by atoms with Crippen LogP contribution in [-0.4, -0.2) is 16.6 Å². The number of rotatable bonds is 4. The first kappa shape index (κ1) is 17.0. The van der Waals surface area contributed by atoms with E-state index < -0.39 is 17.2 Å². The molecule has 25 heavy (non-hydrogen) atoms. The highest BCUT2D eigenvalue weighted by Gasteiger charge is 2.57. The van der Waals surface area contributed by atoms with Gasteiger partial charge in [0.15, 0.2) is 11.6 Å². The van der Waals surface area contributed by atoms with Gasteiger partial charge in [-0.15, -0.1) is 0 Å². The van der Waals surface area contributed by atoms with E-state index in [1.807, 2.05) is 0 Å². The van der Waals surface area contributed by atoms with Crippen molar-refractivity contribution in [3.63, 3.8) is 0 Å². The lowest BCUT2D eigenvalue weighted by molar-refractivity contribution is -0.169. The van der Waals surface area contributed by atoms with Gasteiger partial charge in [0.2, 0.25) is 5.91 Å². The van der Waals surface area contributed by atoms with Gasteiger partial charge in [0.25, 0.3) is 0 Å². The third-order valence-corrected chi connectivity index (χ3v) is 6.51. The molecule has 0 aliphatic heterocycles. The molecule has 4 aliphatic carbocycles. The fourth-order valence-electron chi connectivity index (χ4n) is 6.11. The molecule has 3 nitrogen and oxygen atoms in total. The highest BCUT2D eigenvalue weighted by molar-refractivity contribution is 5.77. The van der Waals surface area contributed by atoms with Gasteiger partial charge in [0.05, 0.1) is 11.6 Å². The standard InChI is InChI=1S/C20H25F2NO2/c1-12(15-2-3-16(21)17(22)5-15)23-18(24)10-19-6-13-4-14(7-19)9-20(25,8-13)11-19/h2-3,5,12-14,25H,4,6-11H2,1H3,(H,23,24). The molecule has 0 heterocycles. The topological polar surface area (TPSA) is 49.3 Å². The molecule has 3 atom stereocenters. The fraction of sp³-hybridized carbons (Fsp3) is 0.650. The van der Waals surface area contributed by atoms with Crippen molar-refractivity contribution in [3.05, 3.63) is 35.4 Å². The Kier molecular flexibility index (Phi) is 3.91. The monoisotopic (exact) mass is 349 g/mol. The Morgan fingerprint density at radius 2 is 1.92 bits per heavy atom. The number of halogens is 2. The molecule has 4 bridgehead atoms. The lowest BCUT2D eigenvalue weighted by atomic mass is 9.47. The zero-order valence-electron chi connectivity index (χ0n) is 14.5. The Morgan fingerprint density at radius 3 is 2.52 bits per heavy atom. The van der Waals surface area contributed by atoms with Crippen LogP contribution in [0.1, 0.15) is 63.5 Å². The first-order valence-corrected chi connectivity index (χ1v) is 9.23. The molecule has 0 spiro atoms. The average Bonchev–Trinajstić information content (AvgIpc) is 2.46. The van der Waals surface area contributed by atoms with Gasteiger partial charge in [-0.25, -0.2) is 8.78 Å². The summed E-state index contributed by atoms with van der Waals surface area (Å²) in [7, 11) is 0. The van der Waals surface area contributed by atoms with Gasteiger partial charge in [-0.05, 0) is 80.4 Å². The Balaban J connectivity index is 1.43. The summed E-state index contributed by atoms with van der Waals surface area (Å²) in [6, 6.07) is 3.34. The molecule has 0 radical (unpaired) electrons. The summed E-state index contributed by atoms with van der Waals surface area (Å²) in [6.45, 7) is 1.78. The molecule has 4 aliphatic rings. The molecule has 5 rings (SSSR count). The number of amides is 1. The maximum atomic E-state index is 13.4. The zero-order valence-corrected chi connectivity index (χ0v) is 14.5. The number of benzene rings is 1. The molecular formula is C20H25F2NO2. The third kappa shape index (κ3) is 3.19. The van der Waals surface area contributed by atoms with Crippen LogP contribution in [0.4, 0.5) is 8.78 Å². The summed E-state index contributed by atoms with van der Waals surface area (Å²) < 4.78 is 26.5. The van der Waals surface area contributed by atoms with Gasteiger partial charge in [0.1, 0.15) is 0 Å². The zero-order chi connectivity index (χ0) is 17.8. The second kappa shape index (κ2) is 5.76. The van der Waals surface area contributed by atoms with E-state index in [9.17, 15) is 18.7 Å². The number of nitrogens with one attached hydrogen (secondary N) is 1. The van der Waals surface area contributed by atoms with E-state index in [4.69, 9.17) is 0 Å². The first-order chi connectivity index (χ1) is 11.8. The van der Waals surface area contributed by atoms with Crippen LogP contribution >= 0.6 is 0 Å². The highest BCUT2D eigenvalue weighted by atomic mass is 19.2. The molecule has 1 aromatic carbocycles. The van der Waals surface area contributed by atoms with Crippen molar-refractivity contribution in [2.45, 2.75) is 63.5 Å². The van der Waals surface area contributed by atoms with Gasteiger partial charge in [0, 0.05) is 6.42 Å². The molecule has 4 saturated carbocycles. The predicted octanol–water partition coefficient (Wildman–Crippen LogP) is 3.86. The van der Waals surface area contributed by atoms with E-state index >= 15 is 0 Å². The second-order valence-electron chi connectivity index (χ2n) is 8.82. The lowest BCUT2D eigenvalue weighted by Crippen LogP contribution is -2.56. The summed E-state index contributed by atoms with van der Waals surface area (Å²) in [5.74, 6) is -0.765. The largest absolute Gasteiger partial charge is 0.390 e. The molecule has 2 N–H and O–H groups in total. The van der Waals surface area contributed by atoms with Crippen molar-refractivity contribution in [3.8, 4) is 0 Å². The molecule has 0 saturated heterocycles. The molecule has 136 valence electrons. The van der Waals surface area contributed by atoms with Crippen LogP contribution < -0.4 is 5.32 Å². The Labute approximate surface area is 146 Å². The Morgan fingerprint density at radius 1 is 1.24 bits per heavy atom. The minimum Gasteiger partial charge on any atom is -0.390 e. The normalized spacial score (nSPS) is 37.1. The van der Waals surface area contributed by atoms with E-state index in [1.54, 1.807) is 6.92 Å². The number of carbonyl (C=O) groups excluding carboxylic acids is 1. The van der Waals surface area contributed by atoms with Crippen LogP contribution in [0.15, 0.2) is 18.2 Å². The highest BCUT2D eigenvalue weighted by Crippen LogP contribution is 2.62. The van der Waals surface area contributed by atoms with Gasteiger partial charge < -0.3 is 10.4 Å². The molecule has 0 aromatic heterocycles. The minimum atomic E-state index is -0.901. The molecule has 5 heteroatoms. The molecule has 3 unspecified atom stereocenters. The Bertz CT molecular complexity index is 691. The van der Waals surface area contributed by atoms with Gasteiger partial charge in [-0.2, -0.15) is 0 Å². The summed E-state index contributed by atoms with van der Waals surface area (Å²) in [5, 5.41) is 13.7. The molecule has 1 aromatic rings. The summed E-state index contributed by atoms with van der Waals surface area (Å²) >= 11 is 0. The van der Waals surface area contributed by atoms with Crippen LogP contribution in [-0.2, 0) is 4.79 Å². The van der Waals surface area contributed by atoms with Crippen LogP contribution in [0.2, 0.25) is 0 Å². The first-order valence-electron chi connectivity index (χ1n) is 9.23.